The molecular weight excluding hydrogens is 460 g/mol. The molecule has 5 rings (SSSR count). The molecule has 0 bridgehead atoms. The van der Waals surface area contributed by atoms with Gasteiger partial charge in [-0.2, -0.15) is 14.8 Å². The second-order valence-electron chi connectivity index (χ2n) is 7.41. The minimum atomic E-state index is -0.321. The summed E-state index contributed by atoms with van der Waals surface area (Å²) in [4.78, 5) is 19.2. The molecule has 0 fully saturated rings. The number of hydrogen-bond acceptors (Lipinski definition) is 7. The largest absolute Gasteiger partial charge is 0.496 e. The minimum absolute atomic E-state index is 0.00969. The fourth-order valence-electron chi connectivity index (χ4n) is 3.67. The number of carbonyl (C=O) groups excluding carboxylic acids is 1. The van der Waals surface area contributed by atoms with Crippen LogP contribution in [0.4, 0.5) is 5.95 Å². The number of halogens is 1. The Hall–Kier alpha value is -3.69. The zero-order valence-electron chi connectivity index (χ0n) is 17.8. The van der Waals surface area contributed by atoms with Crippen molar-refractivity contribution in [2.24, 2.45) is 0 Å². The number of hydrogen-bond donors (Lipinski definition) is 1. The minimum Gasteiger partial charge on any atom is -0.496 e. The van der Waals surface area contributed by atoms with E-state index in [4.69, 9.17) is 22.1 Å². The molecule has 0 amide bonds. The second kappa shape index (κ2) is 8.34. The highest BCUT2D eigenvalue weighted by Crippen LogP contribution is 2.32. The lowest BCUT2D eigenvalue weighted by molar-refractivity contribution is 0.0951. The van der Waals surface area contributed by atoms with Crippen LogP contribution < -0.4 is 10.5 Å². The van der Waals surface area contributed by atoms with E-state index in [9.17, 15) is 4.79 Å². The number of aromatic nitrogens is 5. The molecule has 0 radical (unpaired) electrons. The van der Waals surface area contributed by atoms with Gasteiger partial charge in [0.15, 0.2) is 5.82 Å². The van der Waals surface area contributed by atoms with Crippen LogP contribution in [0.1, 0.15) is 20.9 Å². The van der Waals surface area contributed by atoms with E-state index in [-0.39, 0.29) is 11.9 Å². The van der Waals surface area contributed by atoms with Crippen molar-refractivity contribution in [2.75, 3.05) is 12.8 Å². The number of anilines is 1. The molecule has 0 spiro atoms. The first-order chi connectivity index (χ1) is 15.9. The molecule has 10 heteroatoms. The van der Waals surface area contributed by atoms with E-state index >= 15 is 0 Å². The van der Waals surface area contributed by atoms with Crippen molar-refractivity contribution >= 4 is 45.0 Å². The van der Waals surface area contributed by atoms with Crippen LogP contribution in [0.2, 0.25) is 5.02 Å². The first-order valence-corrected chi connectivity index (χ1v) is 11.3. The van der Waals surface area contributed by atoms with Gasteiger partial charge in [0.1, 0.15) is 10.6 Å². The van der Waals surface area contributed by atoms with E-state index < -0.39 is 0 Å². The molecule has 2 N–H and O–H groups in total. The molecule has 8 nitrogen and oxygen atoms in total. The van der Waals surface area contributed by atoms with Gasteiger partial charge in [0.05, 0.1) is 29.8 Å². The summed E-state index contributed by atoms with van der Waals surface area (Å²) in [5, 5.41) is 10.4. The lowest BCUT2D eigenvalue weighted by atomic mass is 10.2. The van der Waals surface area contributed by atoms with Crippen molar-refractivity contribution in [3.63, 3.8) is 0 Å². The molecule has 0 atom stereocenters. The summed E-state index contributed by atoms with van der Waals surface area (Å²) in [5.74, 6) is 0.589. The first-order valence-electron chi connectivity index (χ1n) is 10.1. The monoisotopic (exact) mass is 478 g/mol. The predicted molar refractivity (Wildman–Crippen MR) is 129 cm³/mol. The molecule has 0 unspecified atom stereocenters. The predicted octanol–water partition coefficient (Wildman–Crippen LogP) is 4.65. The quantitative estimate of drug-likeness (QED) is 0.394. The van der Waals surface area contributed by atoms with Crippen molar-refractivity contribution < 1.29 is 9.53 Å². The number of methoxy groups -OCH3 is 1. The topological polar surface area (TPSA) is 101 Å². The van der Waals surface area contributed by atoms with E-state index in [1.54, 1.807) is 13.2 Å². The van der Waals surface area contributed by atoms with Crippen LogP contribution in [-0.4, -0.2) is 37.6 Å². The van der Waals surface area contributed by atoms with Gasteiger partial charge in [-0.25, -0.2) is 0 Å². The average molecular weight is 479 g/mol. The Morgan fingerprint density at radius 1 is 1.15 bits per heavy atom. The molecule has 0 saturated heterocycles. The number of carbonyl (C=O) groups is 1. The van der Waals surface area contributed by atoms with Gasteiger partial charge in [0.25, 0.3) is 5.91 Å². The van der Waals surface area contributed by atoms with Gasteiger partial charge in [-0.1, -0.05) is 35.9 Å². The molecule has 2 aromatic carbocycles. The summed E-state index contributed by atoms with van der Waals surface area (Å²) >= 11 is 7.36. The Bertz CT molecular complexity index is 1480. The molecule has 0 aliphatic rings. The van der Waals surface area contributed by atoms with E-state index in [0.717, 1.165) is 21.5 Å². The summed E-state index contributed by atoms with van der Waals surface area (Å²) in [6.07, 6.45) is 0. The standard InChI is InChI=1S/C23H19ClN6O2S/c1-13-17-11-19(33-22(17)29(27-13)12-14-7-9-15(24)10-8-14)21(31)30-20(26-23(25)28-30)16-5-3-4-6-18(16)32-2/h3-11H,12H2,1-2H3,(H2,25,28). The third kappa shape index (κ3) is 3.85. The van der Waals surface area contributed by atoms with E-state index in [1.807, 2.05) is 60.1 Å². The zero-order chi connectivity index (χ0) is 23.1. The Labute approximate surface area is 198 Å². The van der Waals surface area contributed by atoms with Gasteiger partial charge in [-0.3, -0.25) is 9.48 Å². The SMILES string of the molecule is COc1ccccc1-c1nc(N)nn1C(=O)c1cc2c(C)nn(Cc3ccc(Cl)cc3)c2s1. The Morgan fingerprint density at radius 2 is 1.91 bits per heavy atom. The lowest BCUT2D eigenvalue weighted by Gasteiger charge is -2.08. The number of aryl methyl sites for hydroxylation is 1. The van der Waals surface area contributed by atoms with Gasteiger partial charge < -0.3 is 10.5 Å². The Kier molecular flexibility index (Phi) is 5.35. The molecule has 0 aliphatic heterocycles. The highest BCUT2D eigenvalue weighted by Gasteiger charge is 2.24. The normalized spacial score (nSPS) is 11.2. The highest BCUT2D eigenvalue weighted by molar-refractivity contribution is 7.20. The van der Waals surface area contributed by atoms with Crippen LogP contribution in [0, 0.1) is 6.92 Å². The molecule has 3 heterocycles. The Balaban J connectivity index is 1.54. The van der Waals surface area contributed by atoms with Crippen molar-refractivity contribution in [3.8, 4) is 17.1 Å². The summed E-state index contributed by atoms with van der Waals surface area (Å²) in [6.45, 7) is 2.49. The highest BCUT2D eigenvalue weighted by atomic mass is 35.5. The lowest BCUT2D eigenvalue weighted by Crippen LogP contribution is -2.14. The van der Waals surface area contributed by atoms with E-state index in [2.05, 4.69) is 15.2 Å². The van der Waals surface area contributed by atoms with Crippen molar-refractivity contribution in [2.45, 2.75) is 13.5 Å². The van der Waals surface area contributed by atoms with Crippen LogP contribution in [0.25, 0.3) is 21.6 Å². The number of ether oxygens (including phenoxy) is 1. The van der Waals surface area contributed by atoms with Crippen molar-refractivity contribution in [1.82, 2.24) is 24.5 Å². The van der Waals surface area contributed by atoms with Gasteiger partial charge in [-0.05, 0) is 42.8 Å². The number of para-hydroxylation sites is 1. The number of rotatable bonds is 5. The molecule has 0 saturated carbocycles. The summed E-state index contributed by atoms with van der Waals surface area (Å²) < 4.78 is 8.55. The summed E-state index contributed by atoms with van der Waals surface area (Å²) in [6, 6.07) is 16.7. The smallest absolute Gasteiger partial charge is 0.290 e. The Morgan fingerprint density at radius 3 is 2.67 bits per heavy atom. The fraction of sp³-hybridized carbons (Fsp3) is 0.130. The molecule has 5 aromatic rings. The van der Waals surface area contributed by atoms with Gasteiger partial charge in [0, 0.05) is 10.4 Å². The van der Waals surface area contributed by atoms with Gasteiger partial charge in [0.2, 0.25) is 5.95 Å². The average Bonchev–Trinajstić information content (AvgIpc) is 3.50. The maximum atomic E-state index is 13.5. The first kappa shape index (κ1) is 21.2. The molecular formula is C23H19ClN6O2S. The molecule has 33 heavy (non-hydrogen) atoms. The molecule has 0 aliphatic carbocycles. The third-order valence-corrected chi connectivity index (χ3v) is 6.62. The number of nitrogens with zero attached hydrogens (tertiary/aromatic N) is 5. The van der Waals surface area contributed by atoms with Crippen LogP contribution >= 0.6 is 22.9 Å². The van der Waals surface area contributed by atoms with Crippen LogP contribution in [0.5, 0.6) is 5.75 Å². The molecule has 166 valence electrons. The van der Waals surface area contributed by atoms with Crippen molar-refractivity contribution in [3.05, 3.63) is 75.8 Å². The molecule has 3 aromatic heterocycles. The number of benzene rings is 2. The third-order valence-electron chi connectivity index (χ3n) is 5.23. The van der Waals surface area contributed by atoms with Crippen LogP contribution in [0.15, 0.2) is 54.6 Å². The maximum Gasteiger partial charge on any atom is 0.290 e. The summed E-state index contributed by atoms with van der Waals surface area (Å²) in [5.41, 5.74) is 8.40. The van der Waals surface area contributed by atoms with Crippen molar-refractivity contribution in [1.29, 1.82) is 0 Å². The van der Waals surface area contributed by atoms with Gasteiger partial charge >= 0.3 is 0 Å². The zero-order valence-corrected chi connectivity index (χ0v) is 19.4. The maximum absolute atomic E-state index is 13.5. The number of fused-ring (bicyclic) bond motifs is 1. The van der Waals surface area contributed by atoms with E-state index in [1.165, 1.54) is 16.0 Å². The van der Waals surface area contributed by atoms with Crippen LogP contribution in [-0.2, 0) is 6.54 Å². The van der Waals surface area contributed by atoms with Gasteiger partial charge in [-0.15, -0.1) is 16.4 Å². The number of nitrogen functional groups attached to an aromatic ring is 1. The number of thiophene rings is 1. The second-order valence-corrected chi connectivity index (χ2v) is 8.88. The number of nitrogens with two attached hydrogens (primary N) is 1. The summed E-state index contributed by atoms with van der Waals surface area (Å²) in [7, 11) is 1.56. The van der Waals surface area contributed by atoms with E-state index in [0.29, 0.717) is 33.6 Å². The van der Waals surface area contributed by atoms with Crippen LogP contribution in [0.3, 0.4) is 0 Å². The fourth-order valence-corrected chi connectivity index (χ4v) is 4.88.